The van der Waals surface area contributed by atoms with Crippen LogP contribution in [0.25, 0.3) is 11.0 Å². The van der Waals surface area contributed by atoms with Crippen LogP contribution in [0.5, 0.6) is 0 Å². The minimum atomic E-state index is -0.952. The first-order valence-corrected chi connectivity index (χ1v) is 11.0. The van der Waals surface area contributed by atoms with Gasteiger partial charge in [0.05, 0.1) is 11.6 Å². The Hall–Kier alpha value is -3.71. The summed E-state index contributed by atoms with van der Waals surface area (Å²) in [4.78, 5) is 28.2. The highest BCUT2D eigenvalue weighted by Gasteiger charge is 2.45. The average Bonchev–Trinajstić information content (AvgIpc) is 3.33. The zero-order valence-electron chi connectivity index (χ0n) is 17.4. The van der Waals surface area contributed by atoms with E-state index in [9.17, 15) is 19.1 Å². The van der Waals surface area contributed by atoms with Crippen LogP contribution < -0.4 is 4.90 Å². The van der Waals surface area contributed by atoms with Crippen molar-refractivity contribution in [2.24, 2.45) is 0 Å². The molecule has 5 nitrogen and oxygen atoms in total. The fraction of sp³-hybridized carbons (Fsp3) is 0.0769. The van der Waals surface area contributed by atoms with Crippen LogP contribution in [-0.2, 0) is 4.79 Å². The molecule has 1 aromatic heterocycles. The predicted octanol–water partition coefficient (Wildman–Crippen LogP) is 6.43. The van der Waals surface area contributed by atoms with Gasteiger partial charge in [-0.15, -0.1) is 0 Å². The third-order valence-electron chi connectivity index (χ3n) is 5.72. The van der Waals surface area contributed by atoms with Gasteiger partial charge in [0.1, 0.15) is 11.4 Å². The maximum absolute atomic E-state index is 13.7. The van der Waals surface area contributed by atoms with Gasteiger partial charge in [-0.1, -0.05) is 46.3 Å². The van der Waals surface area contributed by atoms with Crippen LogP contribution in [0.15, 0.2) is 93.0 Å². The van der Waals surface area contributed by atoms with Crippen molar-refractivity contribution in [3.63, 3.8) is 0 Å². The summed E-state index contributed by atoms with van der Waals surface area (Å²) in [7, 11) is 0. The highest BCUT2D eigenvalue weighted by molar-refractivity contribution is 9.10. The fourth-order valence-electron chi connectivity index (χ4n) is 4.14. The highest BCUT2D eigenvalue weighted by Crippen LogP contribution is 2.43. The molecule has 3 aromatic carbocycles. The predicted molar refractivity (Wildman–Crippen MR) is 126 cm³/mol. The highest BCUT2D eigenvalue weighted by atomic mass is 79.9. The second-order valence-electron chi connectivity index (χ2n) is 7.80. The van der Waals surface area contributed by atoms with Crippen molar-refractivity contribution in [3.05, 3.63) is 111 Å². The number of Topliss-reactive ketones (excluding diaryl/α,β-unsaturated/α-hetero) is 1. The molecule has 1 unspecified atom stereocenters. The van der Waals surface area contributed by atoms with Gasteiger partial charge < -0.3 is 9.52 Å². The van der Waals surface area contributed by atoms with Crippen molar-refractivity contribution >= 4 is 44.3 Å². The molecule has 164 valence electrons. The molecular formula is C26H17BrFNO4. The number of fused-ring (bicyclic) bond motifs is 1. The molecule has 0 saturated heterocycles. The first-order chi connectivity index (χ1) is 15.8. The monoisotopic (exact) mass is 505 g/mol. The number of amides is 1. The van der Waals surface area contributed by atoms with Gasteiger partial charge in [-0.25, -0.2) is 4.39 Å². The van der Waals surface area contributed by atoms with Crippen molar-refractivity contribution < 1.29 is 23.5 Å². The van der Waals surface area contributed by atoms with Crippen LogP contribution in [0.2, 0.25) is 0 Å². The number of rotatable bonds is 4. The fourth-order valence-corrected chi connectivity index (χ4v) is 4.52. The van der Waals surface area contributed by atoms with Gasteiger partial charge in [-0.2, -0.15) is 0 Å². The van der Waals surface area contributed by atoms with Crippen molar-refractivity contribution in [2.75, 3.05) is 4.90 Å². The minimum absolute atomic E-state index is 0.00352. The van der Waals surface area contributed by atoms with E-state index in [1.807, 2.05) is 19.1 Å². The Kier molecular flexibility index (Phi) is 5.13. The number of halogens is 2. The molecule has 7 heteroatoms. The lowest BCUT2D eigenvalue weighted by molar-refractivity contribution is -0.117. The van der Waals surface area contributed by atoms with Gasteiger partial charge in [0, 0.05) is 15.5 Å². The summed E-state index contributed by atoms with van der Waals surface area (Å²) in [5.74, 6) is -2.43. The van der Waals surface area contributed by atoms with Crippen molar-refractivity contribution in [2.45, 2.75) is 13.0 Å². The smallest absolute Gasteiger partial charge is 0.294 e. The normalized spacial score (nSPS) is 16.2. The molecule has 1 aliphatic heterocycles. The molecule has 0 radical (unpaired) electrons. The SMILES string of the molecule is Cc1ccccc1N1C(=O)C(O)=C(C(=O)c2cc3cc(Br)ccc3o2)C1c1ccc(F)cc1. The van der Waals surface area contributed by atoms with Crippen LogP contribution in [0.4, 0.5) is 10.1 Å². The zero-order chi connectivity index (χ0) is 23.3. The summed E-state index contributed by atoms with van der Waals surface area (Å²) in [5, 5.41) is 11.6. The number of hydrogen-bond acceptors (Lipinski definition) is 4. The van der Waals surface area contributed by atoms with E-state index in [2.05, 4.69) is 15.9 Å². The number of anilines is 1. The Balaban J connectivity index is 1.67. The molecule has 1 aliphatic rings. The molecule has 0 spiro atoms. The molecule has 4 aromatic rings. The molecule has 1 amide bonds. The maximum Gasteiger partial charge on any atom is 0.294 e. The van der Waals surface area contributed by atoms with Gasteiger partial charge in [-0.05, 0) is 60.5 Å². The number of carbonyl (C=O) groups excluding carboxylic acids is 2. The molecule has 33 heavy (non-hydrogen) atoms. The molecule has 0 aliphatic carbocycles. The summed E-state index contributed by atoms with van der Waals surface area (Å²) in [6.45, 7) is 1.83. The van der Waals surface area contributed by atoms with Gasteiger partial charge >= 0.3 is 0 Å². The number of furan rings is 1. The summed E-state index contributed by atoms with van der Waals surface area (Å²) >= 11 is 3.39. The molecule has 5 rings (SSSR count). The number of hydrogen-bond donors (Lipinski definition) is 1. The lowest BCUT2D eigenvalue weighted by Gasteiger charge is -2.28. The number of carbonyl (C=O) groups is 2. The molecule has 0 saturated carbocycles. The maximum atomic E-state index is 13.7. The van der Waals surface area contributed by atoms with E-state index in [-0.39, 0.29) is 11.3 Å². The molecule has 1 atom stereocenters. The van der Waals surface area contributed by atoms with E-state index in [1.54, 1.807) is 36.4 Å². The van der Waals surface area contributed by atoms with Gasteiger partial charge in [-0.3, -0.25) is 14.5 Å². The number of ketones is 1. The second kappa shape index (κ2) is 8.01. The number of aryl methyl sites for hydroxylation is 1. The van der Waals surface area contributed by atoms with Crippen LogP contribution in [0.3, 0.4) is 0 Å². The number of aliphatic hydroxyl groups is 1. The van der Waals surface area contributed by atoms with Crippen LogP contribution in [-0.4, -0.2) is 16.8 Å². The van der Waals surface area contributed by atoms with E-state index in [1.165, 1.54) is 29.2 Å². The molecular weight excluding hydrogens is 489 g/mol. The Bertz CT molecular complexity index is 1450. The van der Waals surface area contributed by atoms with E-state index in [0.29, 0.717) is 22.2 Å². The van der Waals surface area contributed by atoms with Crippen LogP contribution >= 0.6 is 15.9 Å². The van der Waals surface area contributed by atoms with E-state index in [4.69, 9.17) is 4.42 Å². The van der Waals surface area contributed by atoms with Crippen LogP contribution in [0.1, 0.15) is 27.7 Å². The summed E-state index contributed by atoms with van der Waals surface area (Å²) in [6.07, 6.45) is 0. The first kappa shape index (κ1) is 21.2. The van der Waals surface area contributed by atoms with E-state index >= 15 is 0 Å². The Morgan fingerprint density at radius 1 is 1.06 bits per heavy atom. The quantitative estimate of drug-likeness (QED) is 0.324. The summed E-state index contributed by atoms with van der Waals surface area (Å²) in [6, 6.07) is 18.6. The van der Waals surface area contributed by atoms with Crippen molar-refractivity contribution in [1.29, 1.82) is 0 Å². The summed E-state index contributed by atoms with van der Waals surface area (Å²) < 4.78 is 20.2. The lowest BCUT2D eigenvalue weighted by Crippen LogP contribution is -2.31. The number of benzene rings is 3. The van der Waals surface area contributed by atoms with Crippen molar-refractivity contribution in [1.82, 2.24) is 0 Å². The Labute approximate surface area is 196 Å². The molecule has 0 bridgehead atoms. The molecule has 2 heterocycles. The number of aliphatic hydroxyl groups excluding tert-OH is 1. The van der Waals surface area contributed by atoms with Crippen molar-refractivity contribution in [3.8, 4) is 0 Å². The van der Waals surface area contributed by atoms with Gasteiger partial charge in [0.15, 0.2) is 11.5 Å². The largest absolute Gasteiger partial charge is 0.503 e. The van der Waals surface area contributed by atoms with Crippen LogP contribution in [0, 0.1) is 12.7 Å². The Morgan fingerprint density at radius 2 is 1.79 bits per heavy atom. The van der Waals surface area contributed by atoms with E-state index < -0.39 is 29.3 Å². The third-order valence-corrected chi connectivity index (χ3v) is 6.21. The molecule has 0 fully saturated rings. The van der Waals surface area contributed by atoms with Gasteiger partial charge in [0.25, 0.3) is 5.91 Å². The standard InChI is InChI=1S/C26H17BrFNO4/c1-14-4-2-3-5-19(14)29-23(15-6-9-18(28)10-7-15)22(25(31)26(29)32)24(30)21-13-16-12-17(27)8-11-20(16)33-21/h2-13,23,31H,1H3. The lowest BCUT2D eigenvalue weighted by atomic mass is 9.94. The number of para-hydroxylation sites is 1. The first-order valence-electron chi connectivity index (χ1n) is 10.2. The Morgan fingerprint density at radius 3 is 2.52 bits per heavy atom. The zero-order valence-corrected chi connectivity index (χ0v) is 19.0. The average molecular weight is 506 g/mol. The number of nitrogens with zero attached hydrogens (tertiary/aromatic N) is 1. The topological polar surface area (TPSA) is 70.8 Å². The van der Waals surface area contributed by atoms with E-state index in [0.717, 1.165) is 10.0 Å². The third kappa shape index (κ3) is 3.54. The minimum Gasteiger partial charge on any atom is -0.503 e. The molecule has 1 N–H and O–H groups in total. The summed E-state index contributed by atoms with van der Waals surface area (Å²) in [5.41, 5.74) is 2.19. The second-order valence-corrected chi connectivity index (χ2v) is 8.72. The van der Waals surface area contributed by atoms with Gasteiger partial charge in [0.2, 0.25) is 5.78 Å².